The number of carbonyl (C=O) groups is 1. The number of nitrogens with zero attached hydrogens (tertiary/aromatic N) is 1. The Hall–Kier alpha value is -0.620. The predicted molar refractivity (Wildman–Crippen MR) is 68.4 cm³/mol. The van der Waals surface area contributed by atoms with Crippen LogP contribution in [0.1, 0.15) is 4.88 Å². The van der Waals surface area contributed by atoms with Crippen LogP contribution in [-0.4, -0.2) is 43.7 Å². The van der Waals surface area contributed by atoms with E-state index in [-0.39, 0.29) is 12.0 Å². The van der Waals surface area contributed by atoms with Gasteiger partial charge in [-0.05, 0) is 12.1 Å². The van der Waals surface area contributed by atoms with Crippen molar-refractivity contribution in [2.75, 3.05) is 26.7 Å². The molecule has 1 atom stereocenters. The molecule has 1 aromatic heterocycles. The van der Waals surface area contributed by atoms with Gasteiger partial charge in [-0.25, -0.2) is 0 Å². The van der Waals surface area contributed by atoms with Gasteiger partial charge in [0.25, 0.3) is 5.91 Å². The minimum atomic E-state index is -0.357. The van der Waals surface area contributed by atoms with Crippen molar-refractivity contribution in [3.05, 3.63) is 21.3 Å². The largest absolute Gasteiger partial charge is 0.366 e. The molecule has 1 fully saturated rings. The summed E-state index contributed by atoms with van der Waals surface area (Å²) in [5.41, 5.74) is 0. The summed E-state index contributed by atoms with van der Waals surface area (Å²) in [6.45, 7) is 2.58. The fraction of sp³-hybridized carbons (Fsp3) is 0.545. The fourth-order valence-corrected chi connectivity index (χ4v) is 2.86. The molecule has 1 aromatic rings. The van der Waals surface area contributed by atoms with E-state index >= 15 is 0 Å². The molecule has 2 rings (SSSR count). The summed E-state index contributed by atoms with van der Waals surface area (Å²) in [5.74, 6) is 0.0155. The number of morpholine rings is 1. The van der Waals surface area contributed by atoms with Crippen LogP contribution >= 0.6 is 22.9 Å². The molecule has 1 amide bonds. The van der Waals surface area contributed by atoms with E-state index in [0.717, 1.165) is 15.8 Å². The third-order valence-corrected chi connectivity index (χ3v) is 3.82. The van der Waals surface area contributed by atoms with Gasteiger partial charge in [0.15, 0.2) is 0 Å². The molecule has 17 heavy (non-hydrogen) atoms. The van der Waals surface area contributed by atoms with E-state index in [1.807, 2.05) is 12.1 Å². The van der Waals surface area contributed by atoms with E-state index in [4.69, 9.17) is 16.3 Å². The summed E-state index contributed by atoms with van der Waals surface area (Å²) in [5, 5.41) is 3.15. The molecule has 0 bridgehead atoms. The van der Waals surface area contributed by atoms with Crippen LogP contribution in [0.15, 0.2) is 12.1 Å². The summed E-state index contributed by atoms with van der Waals surface area (Å²) < 4.78 is 6.17. The normalized spacial score (nSPS) is 20.2. The Labute approximate surface area is 110 Å². The SMILES string of the molecule is CN(Cc1ccc(Cl)s1)C(=O)C1CNCCO1. The van der Waals surface area contributed by atoms with Crippen molar-refractivity contribution in [3.8, 4) is 0 Å². The molecule has 1 aliphatic heterocycles. The summed E-state index contributed by atoms with van der Waals surface area (Å²) in [6, 6.07) is 3.79. The molecule has 94 valence electrons. The molecular formula is C11H15ClN2O2S. The van der Waals surface area contributed by atoms with Crippen LogP contribution in [0.5, 0.6) is 0 Å². The van der Waals surface area contributed by atoms with Gasteiger partial charge in [-0.3, -0.25) is 4.79 Å². The van der Waals surface area contributed by atoms with E-state index in [9.17, 15) is 4.79 Å². The lowest BCUT2D eigenvalue weighted by molar-refractivity contribution is -0.144. The molecule has 1 aliphatic rings. The molecule has 1 N–H and O–H groups in total. The number of hydrogen-bond acceptors (Lipinski definition) is 4. The number of likely N-dealkylation sites (N-methyl/N-ethyl adjacent to an activating group) is 1. The van der Waals surface area contributed by atoms with Crippen molar-refractivity contribution in [1.29, 1.82) is 0 Å². The lowest BCUT2D eigenvalue weighted by Crippen LogP contribution is -2.48. The first-order valence-electron chi connectivity index (χ1n) is 5.48. The van der Waals surface area contributed by atoms with Gasteiger partial charge >= 0.3 is 0 Å². The number of thiophene rings is 1. The number of carbonyl (C=O) groups excluding carboxylic acids is 1. The summed E-state index contributed by atoms with van der Waals surface area (Å²) in [6.07, 6.45) is -0.357. The first-order valence-corrected chi connectivity index (χ1v) is 6.68. The average Bonchev–Trinajstić information content (AvgIpc) is 2.75. The van der Waals surface area contributed by atoms with Gasteiger partial charge in [-0.1, -0.05) is 11.6 Å². The molecule has 0 spiro atoms. The third kappa shape index (κ3) is 3.42. The van der Waals surface area contributed by atoms with Crippen LogP contribution < -0.4 is 5.32 Å². The lowest BCUT2D eigenvalue weighted by atomic mass is 10.2. The van der Waals surface area contributed by atoms with Crippen molar-refractivity contribution in [2.24, 2.45) is 0 Å². The maximum absolute atomic E-state index is 12.0. The van der Waals surface area contributed by atoms with Crippen molar-refractivity contribution in [2.45, 2.75) is 12.6 Å². The Bertz CT molecular complexity index is 391. The molecule has 6 heteroatoms. The van der Waals surface area contributed by atoms with Gasteiger partial charge in [0.2, 0.25) is 0 Å². The maximum Gasteiger partial charge on any atom is 0.253 e. The first-order chi connectivity index (χ1) is 8.16. The molecule has 0 aromatic carbocycles. The second-order valence-electron chi connectivity index (χ2n) is 3.96. The molecule has 0 aliphatic carbocycles. The highest BCUT2D eigenvalue weighted by atomic mass is 35.5. The molecule has 1 unspecified atom stereocenters. The van der Waals surface area contributed by atoms with Crippen molar-refractivity contribution >= 4 is 28.8 Å². The third-order valence-electron chi connectivity index (χ3n) is 2.60. The molecular weight excluding hydrogens is 260 g/mol. The van der Waals surface area contributed by atoms with E-state index in [2.05, 4.69) is 5.32 Å². The summed E-state index contributed by atoms with van der Waals surface area (Å²) >= 11 is 7.35. The number of ether oxygens (including phenoxy) is 1. The number of halogens is 1. The predicted octanol–water partition coefficient (Wildman–Crippen LogP) is 1.35. The zero-order chi connectivity index (χ0) is 12.3. The van der Waals surface area contributed by atoms with E-state index in [1.54, 1.807) is 11.9 Å². The average molecular weight is 275 g/mol. The Morgan fingerprint density at radius 3 is 3.12 bits per heavy atom. The van der Waals surface area contributed by atoms with Crippen LogP contribution in [0, 0.1) is 0 Å². The van der Waals surface area contributed by atoms with Crippen LogP contribution in [0.25, 0.3) is 0 Å². The van der Waals surface area contributed by atoms with Crippen molar-refractivity contribution < 1.29 is 9.53 Å². The molecule has 0 radical (unpaired) electrons. The van der Waals surface area contributed by atoms with Crippen LogP contribution in [0.4, 0.5) is 0 Å². The van der Waals surface area contributed by atoms with Gasteiger partial charge in [0.1, 0.15) is 6.10 Å². The van der Waals surface area contributed by atoms with Crippen molar-refractivity contribution in [1.82, 2.24) is 10.2 Å². The highest BCUT2D eigenvalue weighted by Gasteiger charge is 2.24. The Morgan fingerprint density at radius 2 is 2.53 bits per heavy atom. The zero-order valence-electron chi connectivity index (χ0n) is 9.61. The van der Waals surface area contributed by atoms with Gasteiger partial charge < -0.3 is 15.0 Å². The minimum absolute atomic E-state index is 0.0155. The van der Waals surface area contributed by atoms with E-state index in [0.29, 0.717) is 19.7 Å². The molecule has 2 heterocycles. The van der Waals surface area contributed by atoms with Gasteiger partial charge in [-0.15, -0.1) is 11.3 Å². The molecule has 1 saturated heterocycles. The Kier molecular flexibility index (Phi) is 4.39. The Morgan fingerprint density at radius 1 is 1.71 bits per heavy atom. The zero-order valence-corrected chi connectivity index (χ0v) is 11.2. The molecule has 4 nitrogen and oxygen atoms in total. The minimum Gasteiger partial charge on any atom is -0.366 e. The standard InChI is InChI=1S/C11H15ClN2O2S/c1-14(7-8-2-3-10(12)17-8)11(15)9-6-13-4-5-16-9/h2-3,9,13H,4-7H2,1H3. The van der Waals surface area contributed by atoms with Gasteiger partial charge in [0, 0.05) is 25.0 Å². The van der Waals surface area contributed by atoms with Crippen LogP contribution in [0.3, 0.4) is 0 Å². The quantitative estimate of drug-likeness (QED) is 0.905. The van der Waals surface area contributed by atoms with Crippen LogP contribution in [-0.2, 0) is 16.1 Å². The van der Waals surface area contributed by atoms with Gasteiger partial charge in [0.05, 0.1) is 17.5 Å². The molecule has 0 saturated carbocycles. The Balaban J connectivity index is 1.90. The summed E-state index contributed by atoms with van der Waals surface area (Å²) in [4.78, 5) is 14.8. The maximum atomic E-state index is 12.0. The highest BCUT2D eigenvalue weighted by molar-refractivity contribution is 7.16. The second-order valence-corrected chi connectivity index (χ2v) is 5.76. The smallest absolute Gasteiger partial charge is 0.253 e. The van der Waals surface area contributed by atoms with Crippen LogP contribution in [0.2, 0.25) is 4.34 Å². The highest BCUT2D eigenvalue weighted by Crippen LogP contribution is 2.22. The number of hydrogen-bond donors (Lipinski definition) is 1. The topological polar surface area (TPSA) is 41.6 Å². The fourth-order valence-electron chi connectivity index (χ4n) is 1.72. The van der Waals surface area contributed by atoms with Crippen molar-refractivity contribution in [3.63, 3.8) is 0 Å². The lowest BCUT2D eigenvalue weighted by Gasteiger charge is -2.27. The van der Waals surface area contributed by atoms with E-state index in [1.165, 1.54) is 11.3 Å². The number of amides is 1. The number of nitrogens with one attached hydrogen (secondary N) is 1. The van der Waals surface area contributed by atoms with Gasteiger partial charge in [-0.2, -0.15) is 0 Å². The monoisotopic (exact) mass is 274 g/mol. The second kappa shape index (κ2) is 5.82. The summed E-state index contributed by atoms with van der Waals surface area (Å²) in [7, 11) is 1.79. The van der Waals surface area contributed by atoms with E-state index < -0.39 is 0 Å². The first kappa shape index (κ1) is 12.8. The number of rotatable bonds is 3.